The lowest BCUT2D eigenvalue weighted by atomic mass is 10.3. The van der Waals surface area contributed by atoms with Gasteiger partial charge in [-0.3, -0.25) is 0 Å². The van der Waals surface area contributed by atoms with Crippen molar-refractivity contribution >= 4 is 23.3 Å². The van der Waals surface area contributed by atoms with Gasteiger partial charge in [-0.15, -0.1) is 0 Å². The van der Waals surface area contributed by atoms with Gasteiger partial charge in [0.2, 0.25) is 21.7 Å². The molecule has 0 fully saturated rings. The summed E-state index contributed by atoms with van der Waals surface area (Å²) in [5.74, 6) is 0. The van der Waals surface area contributed by atoms with Gasteiger partial charge in [-0.25, -0.2) is 19.2 Å². The normalized spacial score (nSPS) is 11.3. The van der Waals surface area contributed by atoms with E-state index in [2.05, 4.69) is 8.83 Å². The molecule has 0 saturated carbocycles. The van der Waals surface area contributed by atoms with E-state index in [0.29, 0.717) is 11.1 Å². The number of rotatable bonds is 0. The summed E-state index contributed by atoms with van der Waals surface area (Å²) in [5.41, 5.74) is -1.40. The van der Waals surface area contributed by atoms with Crippen LogP contribution in [0.5, 0.6) is 0 Å². The van der Waals surface area contributed by atoms with Crippen molar-refractivity contribution in [3.63, 3.8) is 0 Å². The minimum absolute atomic E-state index is 0. The molecule has 2 aromatic heterocycles. The largest absolute Gasteiger partial charge is 0.413 e. The molecule has 0 aliphatic heterocycles. The summed E-state index contributed by atoms with van der Waals surface area (Å²) in [6.45, 7) is 9.89. The predicted octanol–water partition coefficient (Wildman–Crippen LogP) is -0.196. The second-order valence-corrected chi connectivity index (χ2v) is 5.52. The van der Waals surface area contributed by atoms with Crippen LogP contribution in [0.4, 0.5) is 0 Å². The Morgan fingerprint density at radius 3 is 1.11 bits per heavy atom. The minimum Gasteiger partial charge on any atom is -0.413 e. The number of hydrogen-bond donors (Lipinski definition) is 0. The lowest BCUT2D eigenvalue weighted by molar-refractivity contribution is 0.342. The van der Waals surface area contributed by atoms with E-state index in [9.17, 15) is 19.2 Å². The molecular weight excluding hydrogens is 356 g/mol. The van der Waals surface area contributed by atoms with Gasteiger partial charge >= 0.3 is 22.5 Å². The van der Waals surface area contributed by atoms with Crippen LogP contribution in [-0.2, 0) is 0 Å². The second-order valence-electron chi connectivity index (χ2n) is 5.52. The molecule has 0 aliphatic rings. The maximum absolute atomic E-state index is 11.3. The first-order valence-electron chi connectivity index (χ1n) is 7.68. The zero-order valence-electron chi connectivity index (χ0n) is 15.4. The Labute approximate surface area is 154 Å². The van der Waals surface area contributed by atoms with Crippen molar-refractivity contribution in [3.05, 3.63) is 63.3 Å². The molecule has 0 radical (unpaired) electrons. The van der Waals surface area contributed by atoms with Gasteiger partial charge in [-0.1, -0.05) is 7.43 Å². The third-order valence-corrected chi connectivity index (χ3v) is 3.00. The van der Waals surface area contributed by atoms with Gasteiger partial charge in [-0.2, -0.15) is 0 Å². The molecule has 2 heterocycles. The standard InChI is InChI=1S/C10H12O4.C8H8O4.CH4/c1-5(2)7-9(11)14-8(6(3)4)10(12)13-7;1-3-5-7(9)12-6(4-2)8(10)11-5;/h1-4H3;3-4H,1-2H3;1H4/b;5-3-,6-4-;. The lowest BCUT2D eigenvalue weighted by Gasteiger charge is -1.90. The smallest absolute Gasteiger partial charge is 0.379 e. The Bertz CT molecular complexity index is 1150. The van der Waals surface area contributed by atoms with E-state index >= 15 is 0 Å². The van der Waals surface area contributed by atoms with E-state index in [-0.39, 0.29) is 29.1 Å². The molecule has 0 aromatic carbocycles. The average molecular weight is 380 g/mol. The fourth-order valence-corrected chi connectivity index (χ4v) is 1.71. The van der Waals surface area contributed by atoms with Crippen molar-refractivity contribution < 1.29 is 17.7 Å². The van der Waals surface area contributed by atoms with Gasteiger partial charge in [0.15, 0.2) is 0 Å². The summed E-state index contributed by atoms with van der Waals surface area (Å²) in [5, 5.41) is 0. The summed E-state index contributed by atoms with van der Waals surface area (Å²) in [7, 11) is 0. The molecule has 0 amide bonds. The monoisotopic (exact) mass is 380 g/mol. The Balaban J connectivity index is 0.000000488. The van der Waals surface area contributed by atoms with Gasteiger partial charge in [0.25, 0.3) is 0 Å². The Hall–Kier alpha value is -3.16. The summed E-state index contributed by atoms with van der Waals surface area (Å²) in [6.07, 6.45) is 2.76. The van der Waals surface area contributed by atoms with Gasteiger partial charge in [-0.05, 0) is 64.8 Å². The van der Waals surface area contributed by atoms with E-state index in [1.165, 1.54) is 12.2 Å². The Morgan fingerprint density at radius 1 is 0.593 bits per heavy atom. The highest BCUT2D eigenvalue weighted by molar-refractivity contribution is 5.34. The van der Waals surface area contributed by atoms with Crippen molar-refractivity contribution in [2.24, 2.45) is 0 Å². The highest BCUT2D eigenvalue weighted by Crippen LogP contribution is 1.82. The van der Waals surface area contributed by atoms with Crippen LogP contribution in [0, 0.1) is 0 Å². The van der Waals surface area contributed by atoms with Crippen LogP contribution < -0.4 is 44.2 Å². The summed E-state index contributed by atoms with van der Waals surface area (Å²) >= 11 is 0. The van der Waals surface area contributed by atoms with E-state index in [0.717, 1.165) is 0 Å². The predicted molar refractivity (Wildman–Crippen MR) is 102 cm³/mol. The third kappa shape index (κ3) is 5.95. The minimum atomic E-state index is -0.634. The van der Waals surface area contributed by atoms with Crippen molar-refractivity contribution in [1.29, 1.82) is 0 Å². The second kappa shape index (κ2) is 10.1. The van der Waals surface area contributed by atoms with E-state index in [1.807, 2.05) is 0 Å². The summed E-state index contributed by atoms with van der Waals surface area (Å²) < 4.78 is 18.9. The van der Waals surface area contributed by atoms with Crippen molar-refractivity contribution in [2.75, 3.05) is 0 Å². The average Bonchev–Trinajstić information content (AvgIpc) is 2.58. The van der Waals surface area contributed by atoms with E-state index < -0.39 is 22.5 Å². The SMILES string of the molecule is C.C/C=c1\oc(=O)/c(=C/C)oc1=O.CC(C)=c1oc(=O)c(=C(C)C)oc1=O. The highest BCUT2D eigenvalue weighted by Gasteiger charge is 2.02. The van der Waals surface area contributed by atoms with E-state index in [1.54, 1.807) is 41.5 Å². The maximum Gasteiger partial charge on any atom is 0.379 e. The molecule has 8 nitrogen and oxygen atoms in total. The fourth-order valence-electron chi connectivity index (χ4n) is 1.71. The van der Waals surface area contributed by atoms with E-state index in [4.69, 9.17) is 8.83 Å². The quantitative estimate of drug-likeness (QED) is 0.616. The molecule has 0 saturated heterocycles. The molecule has 27 heavy (non-hydrogen) atoms. The van der Waals surface area contributed by atoms with Crippen LogP contribution in [0.3, 0.4) is 0 Å². The number of hydrogen-bond acceptors (Lipinski definition) is 8. The molecule has 0 bridgehead atoms. The first-order chi connectivity index (χ1) is 12.1. The lowest BCUT2D eigenvalue weighted by Crippen LogP contribution is -2.39. The van der Waals surface area contributed by atoms with Gasteiger partial charge in [0.05, 0.1) is 0 Å². The van der Waals surface area contributed by atoms with Crippen LogP contribution in [0.25, 0.3) is 23.3 Å². The van der Waals surface area contributed by atoms with Crippen LogP contribution in [0.2, 0.25) is 0 Å². The zero-order chi connectivity index (χ0) is 20.0. The van der Waals surface area contributed by atoms with Crippen LogP contribution >= 0.6 is 0 Å². The van der Waals surface area contributed by atoms with Crippen LogP contribution in [0.1, 0.15) is 49.0 Å². The molecule has 2 aromatic rings. The molecule has 0 unspecified atom stereocenters. The zero-order valence-corrected chi connectivity index (χ0v) is 15.4. The molecule has 0 spiro atoms. The summed E-state index contributed by atoms with van der Waals surface area (Å²) in [4.78, 5) is 44.5. The highest BCUT2D eigenvalue weighted by atomic mass is 16.5. The third-order valence-electron chi connectivity index (χ3n) is 3.00. The van der Waals surface area contributed by atoms with Crippen molar-refractivity contribution in [2.45, 2.75) is 49.0 Å². The Kier molecular flexibility index (Phi) is 8.92. The van der Waals surface area contributed by atoms with Crippen LogP contribution in [-0.4, -0.2) is 0 Å². The topological polar surface area (TPSA) is 121 Å². The van der Waals surface area contributed by atoms with Crippen molar-refractivity contribution in [3.8, 4) is 0 Å². The maximum atomic E-state index is 11.3. The Morgan fingerprint density at radius 2 is 0.889 bits per heavy atom. The molecule has 2 rings (SSSR count). The molecule has 8 heteroatoms. The molecule has 0 N–H and O–H groups in total. The molecule has 0 aliphatic carbocycles. The molecular formula is C19H24O8. The molecule has 148 valence electrons. The summed E-state index contributed by atoms with van der Waals surface area (Å²) in [6, 6.07) is 0. The van der Waals surface area contributed by atoms with Gasteiger partial charge in [0.1, 0.15) is 0 Å². The molecule has 0 atom stereocenters. The van der Waals surface area contributed by atoms with Gasteiger partial charge in [0, 0.05) is 0 Å². The van der Waals surface area contributed by atoms with Crippen LogP contribution in [0.15, 0.2) is 36.8 Å². The first-order valence-corrected chi connectivity index (χ1v) is 7.68. The first kappa shape index (κ1) is 23.8. The van der Waals surface area contributed by atoms with Gasteiger partial charge < -0.3 is 17.7 Å². The van der Waals surface area contributed by atoms with Crippen molar-refractivity contribution in [1.82, 2.24) is 0 Å². The fraction of sp³-hybridized carbons (Fsp3) is 0.368.